The molecule has 0 spiro atoms. The summed E-state index contributed by atoms with van der Waals surface area (Å²) in [6.07, 6.45) is -1.11. The second kappa shape index (κ2) is 4.59. The maximum absolute atomic E-state index is 13.5. The van der Waals surface area contributed by atoms with Crippen LogP contribution in [0.5, 0.6) is 5.75 Å². The fourth-order valence-corrected chi connectivity index (χ4v) is 1.32. The molecule has 1 unspecified atom stereocenters. The quantitative estimate of drug-likeness (QED) is 0.810. The Balaban J connectivity index is 3.27. The highest BCUT2D eigenvalue weighted by Crippen LogP contribution is 2.31. The first-order chi connectivity index (χ1) is 6.61. The van der Waals surface area contributed by atoms with Crippen molar-refractivity contribution in [2.45, 2.75) is 6.10 Å². The lowest BCUT2D eigenvalue weighted by atomic mass is 10.1. The van der Waals surface area contributed by atoms with Gasteiger partial charge in [0.1, 0.15) is 5.75 Å². The first-order valence-electron chi connectivity index (χ1n) is 4.01. The predicted octanol–water partition coefficient (Wildman–Crippen LogP) is 1.48. The highest BCUT2D eigenvalue weighted by molar-refractivity contribution is 6.30. The number of methoxy groups -OCH3 is 1. The molecule has 0 radical (unpaired) electrons. The van der Waals surface area contributed by atoms with Crippen LogP contribution in [-0.4, -0.2) is 18.8 Å². The van der Waals surface area contributed by atoms with Crippen molar-refractivity contribution < 1.29 is 14.2 Å². The maximum atomic E-state index is 13.5. The number of ether oxygens (including phenoxy) is 1. The Morgan fingerprint density at radius 2 is 2.29 bits per heavy atom. The number of aliphatic hydroxyl groups excluding tert-OH is 1. The molecule has 0 aliphatic carbocycles. The Labute approximate surface area is 86.2 Å². The molecule has 1 aromatic rings. The molecule has 0 fully saturated rings. The van der Waals surface area contributed by atoms with E-state index in [1.165, 1.54) is 19.2 Å². The third-order valence-corrected chi connectivity index (χ3v) is 2.16. The maximum Gasteiger partial charge on any atom is 0.151 e. The Kier molecular flexibility index (Phi) is 3.69. The third kappa shape index (κ3) is 1.97. The van der Waals surface area contributed by atoms with E-state index in [9.17, 15) is 9.50 Å². The van der Waals surface area contributed by atoms with Crippen molar-refractivity contribution >= 4 is 11.6 Å². The van der Waals surface area contributed by atoms with Crippen LogP contribution >= 0.6 is 11.6 Å². The molecule has 0 aliphatic heterocycles. The summed E-state index contributed by atoms with van der Waals surface area (Å²) in [4.78, 5) is 0. The van der Waals surface area contributed by atoms with Crippen LogP contribution in [0.4, 0.5) is 4.39 Å². The zero-order valence-corrected chi connectivity index (χ0v) is 8.38. The van der Waals surface area contributed by atoms with Crippen LogP contribution in [0.1, 0.15) is 11.7 Å². The molecule has 0 saturated carbocycles. The van der Waals surface area contributed by atoms with Gasteiger partial charge in [0, 0.05) is 6.54 Å². The number of aliphatic hydroxyl groups is 1. The summed E-state index contributed by atoms with van der Waals surface area (Å²) in [6, 6.07) is 2.85. The smallest absolute Gasteiger partial charge is 0.151 e. The van der Waals surface area contributed by atoms with Gasteiger partial charge in [0.05, 0.1) is 23.8 Å². The molecular weight excluding hydrogens is 209 g/mol. The number of rotatable bonds is 3. The molecule has 0 aliphatic rings. The van der Waals surface area contributed by atoms with Crippen molar-refractivity contribution in [1.29, 1.82) is 0 Å². The normalized spacial score (nSPS) is 12.6. The number of hydrogen-bond acceptors (Lipinski definition) is 3. The van der Waals surface area contributed by atoms with E-state index in [0.29, 0.717) is 0 Å². The molecule has 3 N–H and O–H groups in total. The lowest BCUT2D eigenvalue weighted by molar-refractivity contribution is 0.177. The van der Waals surface area contributed by atoms with Crippen LogP contribution < -0.4 is 10.5 Å². The molecule has 1 aromatic carbocycles. The molecule has 1 atom stereocenters. The first kappa shape index (κ1) is 11.2. The summed E-state index contributed by atoms with van der Waals surface area (Å²) in [7, 11) is 1.38. The van der Waals surface area contributed by atoms with E-state index in [2.05, 4.69) is 0 Å². The molecule has 1 rings (SSSR count). The van der Waals surface area contributed by atoms with Gasteiger partial charge >= 0.3 is 0 Å². The van der Waals surface area contributed by atoms with Crippen LogP contribution in [0.2, 0.25) is 5.02 Å². The Hall–Kier alpha value is -0.840. The number of halogens is 2. The minimum atomic E-state index is -1.11. The molecule has 0 saturated heterocycles. The van der Waals surface area contributed by atoms with E-state index in [-0.39, 0.29) is 22.9 Å². The minimum Gasteiger partial charge on any atom is -0.496 e. The topological polar surface area (TPSA) is 55.5 Å². The van der Waals surface area contributed by atoms with E-state index in [4.69, 9.17) is 22.1 Å². The van der Waals surface area contributed by atoms with Gasteiger partial charge in [0.25, 0.3) is 0 Å². The highest BCUT2D eigenvalue weighted by atomic mass is 35.5. The fourth-order valence-electron chi connectivity index (χ4n) is 1.15. The average Bonchev–Trinajstić information content (AvgIpc) is 2.20. The summed E-state index contributed by atoms with van der Waals surface area (Å²) >= 11 is 5.56. The molecule has 0 heterocycles. The van der Waals surface area contributed by atoms with Crippen LogP contribution in [0, 0.1) is 5.82 Å². The standard InChI is InChI=1S/C9H11ClFNO2/c1-14-7-3-2-5(10)9(11)8(7)6(13)4-12/h2-3,6,13H,4,12H2,1H3. The molecule has 78 valence electrons. The Morgan fingerprint density at radius 1 is 1.64 bits per heavy atom. The van der Waals surface area contributed by atoms with E-state index >= 15 is 0 Å². The van der Waals surface area contributed by atoms with Gasteiger partial charge in [0.2, 0.25) is 0 Å². The van der Waals surface area contributed by atoms with Crippen LogP contribution in [-0.2, 0) is 0 Å². The number of hydrogen-bond donors (Lipinski definition) is 2. The Morgan fingerprint density at radius 3 is 2.79 bits per heavy atom. The van der Waals surface area contributed by atoms with E-state index < -0.39 is 11.9 Å². The zero-order valence-electron chi connectivity index (χ0n) is 7.63. The molecule has 14 heavy (non-hydrogen) atoms. The molecular formula is C9H11ClFNO2. The first-order valence-corrected chi connectivity index (χ1v) is 4.39. The van der Waals surface area contributed by atoms with Crippen molar-refractivity contribution in [2.75, 3.05) is 13.7 Å². The molecule has 0 aromatic heterocycles. The van der Waals surface area contributed by atoms with Gasteiger partial charge in [-0.05, 0) is 12.1 Å². The molecule has 5 heteroatoms. The van der Waals surface area contributed by atoms with Gasteiger partial charge in [-0.15, -0.1) is 0 Å². The Bertz CT molecular complexity index is 333. The van der Waals surface area contributed by atoms with Gasteiger partial charge in [-0.1, -0.05) is 11.6 Å². The van der Waals surface area contributed by atoms with Crippen LogP contribution in [0.3, 0.4) is 0 Å². The summed E-state index contributed by atoms with van der Waals surface area (Å²) < 4.78 is 18.3. The highest BCUT2D eigenvalue weighted by Gasteiger charge is 2.19. The van der Waals surface area contributed by atoms with Crippen molar-refractivity contribution in [3.05, 3.63) is 28.5 Å². The SMILES string of the molecule is COc1ccc(Cl)c(F)c1C(O)CN. The van der Waals surface area contributed by atoms with E-state index in [0.717, 1.165) is 0 Å². The molecule has 0 bridgehead atoms. The monoisotopic (exact) mass is 219 g/mol. The van der Waals surface area contributed by atoms with Crippen LogP contribution in [0.15, 0.2) is 12.1 Å². The van der Waals surface area contributed by atoms with Gasteiger partial charge in [-0.25, -0.2) is 4.39 Å². The van der Waals surface area contributed by atoms with Crippen molar-refractivity contribution in [1.82, 2.24) is 0 Å². The molecule has 0 amide bonds. The van der Waals surface area contributed by atoms with Gasteiger partial charge < -0.3 is 15.6 Å². The largest absolute Gasteiger partial charge is 0.496 e. The zero-order chi connectivity index (χ0) is 10.7. The number of nitrogens with two attached hydrogens (primary N) is 1. The van der Waals surface area contributed by atoms with E-state index in [1.54, 1.807) is 0 Å². The summed E-state index contributed by atoms with van der Waals surface area (Å²) in [5.74, 6) is -0.450. The van der Waals surface area contributed by atoms with Crippen molar-refractivity contribution in [2.24, 2.45) is 5.73 Å². The fraction of sp³-hybridized carbons (Fsp3) is 0.333. The second-order valence-electron chi connectivity index (χ2n) is 2.73. The van der Waals surface area contributed by atoms with Gasteiger partial charge in [0.15, 0.2) is 5.82 Å². The van der Waals surface area contributed by atoms with Gasteiger partial charge in [-0.3, -0.25) is 0 Å². The van der Waals surface area contributed by atoms with Gasteiger partial charge in [-0.2, -0.15) is 0 Å². The van der Waals surface area contributed by atoms with Crippen molar-refractivity contribution in [3.8, 4) is 5.75 Å². The second-order valence-corrected chi connectivity index (χ2v) is 3.14. The summed E-state index contributed by atoms with van der Waals surface area (Å²) in [6.45, 7) is -0.0897. The lowest BCUT2D eigenvalue weighted by Gasteiger charge is -2.14. The molecule has 3 nitrogen and oxygen atoms in total. The lowest BCUT2D eigenvalue weighted by Crippen LogP contribution is -2.14. The minimum absolute atomic E-state index is 0.00231. The predicted molar refractivity (Wildman–Crippen MR) is 52.0 cm³/mol. The summed E-state index contributed by atoms with van der Waals surface area (Å²) in [5.41, 5.74) is 5.23. The van der Waals surface area contributed by atoms with E-state index in [1.807, 2.05) is 0 Å². The average molecular weight is 220 g/mol. The third-order valence-electron chi connectivity index (χ3n) is 1.87. The number of benzene rings is 1. The van der Waals surface area contributed by atoms with Crippen LogP contribution in [0.25, 0.3) is 0 Å². The summed E-state index contributed by atoms with van der Waals surface area (Å²) in [5, 5.41) is 9.38. The van der Waals surface area contributed by atoms with Crippen molar-refractivity contribution in [3.63, 3.8) is 0 Å².